The Labute approximate surface area is 225 Å². The number of rotatable bonds is 10. The number of phenols is 2. The molecule has 1 atom stereocenters. The van der Waals surface area contributed by atoms with Gasteiger partial charge in [-0.1, -0.05) is 54.6 Å². The zero-order chi connectivity index (χ0) is 27.1. The normalized spacial score (nSPS) is 15.1. The molecule has 0 unspecified atom stereocenters. The van der Waals surface area contributed by atoms with Gasteiger partial charge in [0.2, 0.25) is 5.91 Å². The Hall–Kier alpha value is -3.87. The van der Waals surface area contributed by atoms with Crippen LogP contribution in [0.15, 0.2) is 86.0 Å². The quantitative estimate of drug-likeness (QED) is 0.287. The lowest BCUT2D eigenvalue weighted by Crippen LogP contribution is -2.46. The largest absolute Gasteiger partial charge is 0.507 e. The highest BCUT2D eigenvalue weighted by molar-refractivity contribution is 5.83. The summed E-state index contributed by atoms with van der Waals surface area (Å²) in [7, 11) is 0. The highest BCUT2D eigenvalue weighted by Gasteiger charge is 2.25. The van der Waals surface area contributed by atoms with E-state index < -0.39 is 6.04 Å². The van der Waals surface area contributed by atoms with Crippen LogP contribution in [0.3, 0.4) is 0 Å². The van der Waals surface area contributed by atoms with Gasteiger partial charge in [0.15, 0.2) is 0 Å². The maximum Gasteiger partial charge on any atom is 0.241 e. The van der Waals surface area contributed by atoms with E-state index in [1.54, 1.807) is 6.07 Å². The van der Waals surface area contributed by atoms with Crippen LogP contribution in [0.1, 0.15) is 41.1 Å². The fourth-order valence-corrected chi connectivity index (χ4v) is 5.04. The zero-order valence-electron chi connectivity index (χ0n) is 21.8. The van der Waals surface area contributed by atoms with Crippen LogP contribution in [0.4, 0.5) is 0 Å². The molecule has 0 aromatic heterocycles. The minimum absolute atomic E-state index is 0.0642. The number of nitrogens with one attached hydrogen (secondary N) is 1. The Balaban J connectivity index is 1.46. The van der Waals surface area contributed by atoms with Crippen molar-refractivity contribution in [1.29, 1.82) is 0 Å². The van der Waals surface area contributed by atoms with Gasteiger partial charge in [-0.15, -0.1) is 13.2 Å². The topological polar surface area (TPSA) is 98.8 Å². The number of carbonyl (C=O) groups excluding carboxylic acids is 1. The number of amides is 1. The lowest BCUT2D eigenvalue weighted by Gasteiger charge is -2.33. The molecule has 0 saturated carbocycles. The number of hydrogen-bond donors (Lipinski definition) is 4. The van der Waals surface area contributed by atoms with Crippen molar-refractivity contribution in [2.24, 2.45) is 5.73 Å². The first-order chi connectivity index (χ1) is 18.4. The van der Waals surface area contributed by atoms with Crippen LogP contribution in [-0.4, -0.2) is 40.2 Å². The Morgan fingerprint density at radius 2 is 1.63 bits per heavy atom. The predicted molar refractivity (Wildman–Crippen MR) is 153 cm³/mol. The first-order valence-corrected chi connectivity index (χ1v) is 13.1. The number of aromatic hydroxyl groups is 2. The third-order valence-electron chi connectivity index (χ3n) is 7.13. The molecule has 3 aromatic carbocycles. The van der Waals surface area contributed by atoms with Gasteiger partial charge in [0, 0.05) is 42.4 Å². The molecule has 1 aliphatic heterocycles. The van der Waals surface area contributed by atoms with Crippen molar-refractivity contribution in [3.63, 3.8) is 0 Å². The smallest absolute Gasteiger partial charge is 0.241 e. The number of hydrogen-bond acceptors (Lipinski definition) is 5. The van der Waals surface area contributed by atoms with Crippen molar-refractivity contribution in [3.05, 3.63) is 108 Å². The fraction of sp³-hybridized carbons (Fsp3) is 0.281. The van der Waals surface area contributed by atoms with E-state index in [9.17, 15) is 15.0 Å². The van der Waals surface area contributed by atoms with Crippen molar-refractivity contribution < 1.29 is 15.0 Å². The molecule has 1 heterocycles. The monoisotopic (exact) mass is 511 g/mol. The molecule has 1 aliphatic rings. The second-order valence-electron chi connectivity index (χ2n) is 9.94. The molecular weight excluding hydrogens is 474 g/mol. The molecule has 6 nitrogen and oxygen atoms in total. The SMILES string of the molecule is C=CCc1ccc(O)c(-c2cc(CC=C)cc(CN3CCC(NC(=O)[C@@H](N)c4ccccc4)CC3)c2O)c1. The highest BCUT2D eigenvalue weighted by atomic mass is 16.3. The second kappa shape index (κ2) is 12.6. The van der Waals surface area contributed by atoms with Crippen LogP contribution < -0.4 is 11.1 Å². The van der Waals surface area contributed by atoms with Crippen molar-refractivity contribution in [3.8, 4) is 22.6 Å². The maximum absolute atomic E-state index is 12.7. The summed E-state index contributed by atoms with van der Waals surface area (Å²) in [6.07, 6.45) is 6.59. The Kier molecular flexibility index (Phi) is 9.00. The molecule has 6 heteroatoms. The molecular formula is C32H37N3O3. The average molecular weight is 512 g/mol. The Bertz CT molecular complexity index is 1280. The summed E-state index contributed by atoms with van der Waals surface area (Å²) in [5.41, 5.74) is 11.0. The number of carbonyl (C=O) groups is 1. The van der Waals surface area contributed by atoms with Gasteiger partial charge in [-0.3, -0.25) is 9.69 Å². The summed E-state index contributed by atoms with van der Waals surface area (Å²) in [4.78, 5) is 15.0. The minimum Gasteiger partial charge on any atom is -0.507 e. The fourth-order valence-electron chi connectivity index (χ4n) is 5.04. The van der Waals surface area contributed by atoms with Crippen LogP contribution in [0.2, 0.25) is 0 Å². The van der Waals surface area contributed by atoms with Crippen LogP contribution in [0.25, 0.3) is 11.1 Å². The van der Waals surface area contributed by atoms with E-state index in [0.29, 0.717) is 30.5 Å². The second-order valence-corrected chi connectivity index (χ2v) is 9.94. The summed E-state index contributed by atoms with van der Waals surface area (Å²) in [5, 5.41) is 25.0. The lowest BCUT2D eigenvalue weighted by atomic mass is 9.94. The Morgan fingerprint density at radius 3 is 2.32 bits per heavy atom. The highest BCUT2D eigenvalue weighted by Crippen LogP contribution is 2.39. The number of likely N-dealkylation sites (tertiary alicyclic amines) is 1. The van der Waals surface area contributed by atoms with E-state index in [1.807, 2.05) is 66.7 Å². The van der Waals surface area contributed by atoms with Gasteiger partial charge in [-0.2, -0.15) is 0 Å². The minimum atomic E-state index is -0.682. The van der Waals surface area contributed by atoms with Crippen molar-refractivity contribution in [2.75, 3.05) is 13.1 Å². The van der Waals surface area contributed by atoms with E-state index in [4.69, 9.17) is 5.73 Å². The van der Waals surface area contributed by atoms with Crippen molar-refractivity contribution in [2.45, 2.75) is 44.3 Å². The molecule has 0 spiro atoms. The van der Waals surface area contributed by atoms with Crippen LogP contribution in [0.5, 0.6) is 11.5 Å². The van der Waals surface area contributed by atoms with E-state index in [2.05, 4.69) is 23.4 Å². The summed E-state index contributed by atoms with van der Waals surface area (Å²) in [6, 6.07) is 18.1. The van der Waals surface area contributed by atoms with Crippen molar-refractivity contribution in [1.82, 2.24) is 10.2 Å². The molecule has 0 radical (unpaired) electrons. The number of benzene rings is 3. The van der Waals surface area contributed by atoms with Crippen LogP contribution in [-0.2, 0) is 24.2 Å². The first kappa shape index (κ1) is 27.2. The molecule has 3 aromatic rings. The lowest BCUT2D eigenvalue weighted by molar-refractivity contribution is -0.123. The summed E-state index contributed by atoms with van der Waals surface area (Å²) >= 11 is 0. The maximum atomic E-state index is 12.7. The number of nitrogens with zero attached hydrogens (tertiary/aromatic N) is 1. The zero-order valence-corrected chi connectivity index (χ0v) is 21.8. The van der Waals surface area contributed by atoms with Gasteiger partial charge in [0.05, 0.1) is 0 Å². The standard InChI is InChI=1S/C32H37N3O3/c1-3-8-22-12-13-29(36)27(19-22)28-20-23(9-4-2)18-25(31(28)37)21-35-16-14-26(15-17-35)34-32(38)30(33)24-10-6-5-7-11-24/h3-7,10-13,18-20,26,30,36-37H,1-2,8-9,14-17,21,33H2,(H,34,38)/t30-/m0/s1. The third kappa shape index (κ3) is 6.52. The van der Waals surface area contributed by atoms with Gasteiger partial charge in [-0.25, -0.2) is 0 Å². The van der Waals surface area contributed by atoms with E-state index in [1.165, 1.54) is 0 Å². The summed E-state index contributed by atoms with van der Waals surface area (Å²) < 4.78 is 0. The number of phenolic OH excluding ortho intramolecular Hbond substituents is 2. The molecule has 198 valence electrons. The van der Waals surface area contributed by atoms with Crippen LogP contribution >= 0.6 is 0 Å². The molecule has 5 N–H and O–H groups in total. The third-order valence-corrected chi connectivity index (χ3v) is 7.13. The van der Waals surface area contributed by atoms with Gasteiger partial charge < -0.3 is 21.3 Å². The predicted octanol–water partition coefficient (Wildman–Crippen LogP) is 5.00. The van der Waals surface area contributed by atoms with Gasteiger partial charge in [-0.05, 0) is 60.6 Å². The number of allylic oxidation sites excluding steroid dienone is 2. The van der Waals surface area contributed by atoms with Crippen molar-refractivity contribution >= 4 is 5.91 Å². The van der Waals surface area contributed by atoms with Gasteiger partial charge in [0.25, 0.3) is 0 Å². The molecule has 1 saturated heterocycles. The molecule has 4 rings (SSSR count). The summed E-state index contributed by atoms with van der Waals surface area (Å²) in [6.45, 7) is 9.81. The van der Waals surface area contributed by atoms with E-state index in [0.717, 1.165) is 48.2 Å². The Morgan fingerprint density at radius 1 is 0.974 bits per heavy atom. The molecule has 0 bridgehead atoms. The molecule has 1 amide bonds. The molecule has 1 fully saturated rings. The first-order valence-electron chi connectivity index (χ1n) is 13.1. The number of piperidine rings is 1. The van der Waals surface area contributed by atoms with Gasteiger partial charge >= 0.3 is 0 Å². The summed E-state index contributed by atoms with van der Waals surface area (Å²) in [5.74, 6) is 0.140. The van der Waals surface area contributed by atoms with E-state index in [-0.39, 0.29) is 23.4 Å². The van der Waals surface area contributed by atoms with E-state index >= 15 is 0 Å². The van der Waals surface area contributed by atoms with Gasteiger partial charge in [0.1, 0.15) is 17.5 Å². The van der Waals surface area contributed by atoms with Crippen LogP contribution in [0, 0.1) is 0 Å². The molecule has 0 aliphatic carbocycles. The average Bonchev–Trinajstić information content (AvgIpc) is 2.93. The number of nitrogens with two attached hydrogens (primary N) is 1. The molecule has 38 heavy (non-hydrogen) atoms.